The van der Waals surface area contributed by atoms with Gasteiger partial charge < -0.3 is 10.1 Å². The average molecular weight is 422 g/mol. The summed E-state index contributed by atoms with van der Waals surface area (Å²) in [6, 6.07) is 16.7. The van der Waals surface area contributed by atoms with Crippen LogP contribution in [0.4, 0.5) is 5.69 Å². The van der Waals surface area contributed by atoms with Gasteiger partial charge in [-0.25, -0.2) is 4.79 Å². The summed E-state index contributed by atoms with van der Waals surface area (Å²) < 4.78 is 5.03. The van der Waals surface area contributed by atoms with Gasteiger partial charge in [-0.1, -0.05) is 36.0 Å². The number of para-hydroxylation sites is 1. The SMILES string of the molecule is CCOC(=O)c1ccccc1NC(=O)CSc1ccc(-c2ccc(C)c(C)c2)nn1. The zero-order chi connectivity index (χ0) is 21.5. The molecule has 1 N–H and O–H groups in total. The van der Waals surface area contributed by atoms with Crippen LogP contribution < -0.4 is 5.32 Å². The topological polar surface area (TPSA) is 81.2 Å². The first-order valence-corrected chi connectivity index (χ1v) is 10.6. The van der Waals surface area contributed by atoms with E-state index in [2.05, 4.69) is 41.5 Å². The first-order valence-electron chi connectivity index (χ1n) is 9.58. The van der Waals surface area contributed by atoms with Crippen molar-refractivity contribution in [2.24, 2.45) is 0 Å². The Morgan fingerprint density at radius 2 is 1.80 bits per heavy atom. The van der Waals surface area contributed by atoms with E-state index in [-0.39, 0.29) is 18.3 Å². The molecule has 1 heterocycles. The van der Waals surface area contributed by atoms with E-state index in [9.17, 15) is 9.59 Å². The molecule has 0 aliphatic heterocycles. The zero-order valence-corrected chi connectivity index (χ0v) is 18.0. The van der Waals surface area contributed by atoms with Gasteiger partial charge in [-0.15, -0.1) is 10.2 Å². The lowest BCUT2D eigenvalue weighted by Crippen LogP contribution is -2.17. The van der Waals surface area contributed by atoms with Crippen molar-refractivity contribution in [1.29, 1.82) is 0 Å². The van der Waals surface area contributed by atoms with Crippen molar-refractivity contribution in [1.82, 2.24) is 10.2 Å². The zero-order valence-electron chi connectivity index (χ0n) is 17.1. The summed E-state index contributed by atoms with van der Waals surface area (Å²) in [7, 11) is 0. The molecule has 0 unspecified atom stereocenters. The number of thioether (sulfide) groups is 1. The molecule has 1 aromatic heterocycles. The lowest BCUT2D eigenvalue weighted by Gasteiger charge is -2.10. The minimum absolute atomic E-state index is 0.148. The number of ether oxygens (including phenoxy) is 1. The summed E-state index contributed by atoms with van der Waals surface area (Å²) >= 11 is 1.28. The van der Waals surface area contributed by atoms with E-state index >= 15 is 0 Å². The number of carbonyl (C=O) groups is 2. The number of hydrogen-bond acceptors (Lipinski definition) is 6. The number of rotatable bonds is 7. The summed E-state index contributed by atoms with van der Waals surface area (Å²) in [5.41, 5.74) is 4.99. The highest BCUT2D eigenvalue weighted by Gasteiger charge is 2.14. The van der Waals surface area contributed by atoms with E-state index in [0.29, 0.717) is 16.3 Å². The predicted octanol–water partition coefficient (Wildman–Crippen LogP) is 4.67. The van der Waals surface area contributed by atoms with Crippen molar-refractivity contribution in [2.75, 3.05) is 17.7 Å². The van der Waals surface area contributed by atoms with Gasteiger partial charge >= 0.3 is 5.97 Å². The molecule has 6 nitrogen and oxygen atoms in total. The summed E-state index contributed by atoms with van der Waals surface area (Å²) in [4.78, 5) is 24.4. The van der Waals surface area contributed by atoms with Crippen LogP contribution in [0.2, 0.25) is 0 Å². The third-order valence-corrected chi connectivity index (χ3v) is 5.41. The molecule has 154 valence electrons. The van der Waals surface area contributed by atoms with Crippen molar-refractivity contribution in [3.63, 3.8) is 0 Å². The lowest BCUT2D eigenvalue weighted by atomic mass is 10.0. The largest absolute Gasteiger partial charge is 0.462 e. The number of nitrogens with one attached hydrogen (secondary N) is 1. The minimum Gasteiger partial charge on any atom is -0.462 e. The fourth-order valence-electron chi connectivity index (χ4n) is 2.76. The van der Waals surface area contributed by atoms with Crippen LogP contribution in [0.5, 0.6) is 0 Å². The predicted molar refractivity (Wildman–Crippen MR) is 119 cm³/mol. The molecule has 7 heteroatoms. The third-order valence-electron chi connectivity index (χ3n) is 4.49. The van der Waals surface area contributed by atoms with Crippen molar-refractivity contribution in [3.8, 4) is 11.3 Å². The molecule has 0 atom stereocenters. The number of hydrogen-bond donors (Lipinski definition) is 1. The van der Waals surface area contributed by atoms with Crippen molar-refractivity contribution in [2.45, 2.75) is 25.8 Å². The molecule has 0 saturated carbocycles. The number of aryl methyl sites for hydroxylation is 2. The molecule has 3 rings (SSSR count). The van der Waals surface area contributed by atoms with Crippen LogP contribution in [0, 0.1) is 13.8 Å². The van der Waals surface area contributed by atoms with Gasteiger partial charge in [0.2, 0.25) is 5.91 Å². The van der Waals surface area contributed by atoms with Crippen LogP contribution in [0.1, 0.15) is 28.4 Å². The molecule has 3 aromatic rings. The van der Waals surface area contributed by atoms with Crippen LogP contribution in [-0.4, -0.2) is 34.4 Å². The monoisotopic (exact) mass is 421 g/mol. The third kappa shape index (κ3) is 5.45. The summed E-state index contributed by atoms with van der Waals surface area (Å²) in [5.74, 6) is -0.555. The number of carbonyl (C=O) groups excluding carboxylic acids is 2. The highest BCUT2D eigenvalue weighted by Crippen LogP contribution is 2.22. The number of amides is 1. The second-order valence-corrected chi connectivity index (χ2v) is 7.65. The molecule has 0 aliphatic carbocycles. The Morgan fingerprint density at radius 3 is 2.50 bits per heavy atom. The van der Waals surface area contributed by atoms with Crippen molar-refractivity contribution < 1.29 is 14.3 Å². The van der Waals surface area contributed by atoms with Crippen LogP contribution in [0.25, 0.3) is 11.3 Å². The smallest absolute Gasteiger partial charge is 0.340 e. The van der Waals surface area contributed by atoms with E-state index < -0.39 is 5.97 Å². The number of aromatic nitrogens is 2. The Balaban J connectivity index is 1.60. The van der Waals surface area contributed by atoms with Gasteiger partial charge in [-0.05, 0) is 62.2 Å². The molecule has 2 aromatic carbocycles. The fourth-order valence-corrected chi connectivity index (χ4v) is 3.37. The van der Waals surface area contributed by atoms with E-state index in [0.717, 1.165) is 11.3 Å². The standard InChI is InChI=1S/C23H23N3O3S/c1-4-29-23(28)18-7-5-6-8-20(18)24-21(27)14-30-22-12-11-19(25-26-22)17-10-9-15(2)16(3)13-17/h5-13H,4,14H2,1-3H3,(H,24,27). The van der Waals surface area contributed by atoms with Crippen LogP contribution >= 0.6 is 11.8 Å². The quantitative estimate of drug-likeness (QED) is 0.441. The number of anilines is 1. The summed E-state index contributed by atoms with van der Waals surface area (Å²) in [6.07, 6.45) is 0. The number of benzene rings is 2. The molecule has 0 saturated heterocycles. The second kappa shape index (κ2) is 10.0. The van der Waals surface area contributed by atoms with Gasteiger partial charge in [0.25, 0.3) is 0 Å². The Kier molecular flexibility index (Phi) is 7.19. The minimum atomic E-state index is -0.464. The fraction of sp³-hybridized carbons (Fsp3) is 0.217. The highest BCUT2D eigenvalue weighted by molar-refractivity contribution is 7.99. The van der Waals surface area contributed by atoms with E-state index in [1.165, 1.54) is 22.9 Å². The molecular formula is C23H23N3O3S. The number of esters is 1. The Morgan fingerprint density at radius 1 is 1.00 bits per heavy atom. The first kappa shape index (κ1) is 21.5. The Bertz CT molecular complexity index is 1050. The molecule has 0 fully saturated rings. The molecule has 0 bridgehead atoms. The molecule has 30 heavy (non-hydrogen) atoms. The van der Waals surface area contributed by atoms with Crippen LogP contribution in [-0.2, 0) is 9.53 Å². The molecule has 0 spiro atoms. The maximum atomic E-state index is 12.3. The maximum absolute atomic E-state index is 12.3. The number of nitrogens with zero attached hydrogens (tertiary/aromatic N) is 2. The van der Waals surface area contributed by atoms with Crippen LogP contribution in [0.15, 0.2) is 59.6 Å². The van der Waals surface area contributed by atoms with Gasteiger partial charge in [-0.3, -0.25) is 4.79 Å². The van der Waals surface area contributed by atoms with E-state index in [4.69, 9.17) is 4.74 Å². The van der Waals surface area contributed by atoms with Gasteiger partial charge in [0.1, 0.15) is 5.03 Å². The normalized spacial score (nSPS) is 10.5. The average Bonchev–Trinajstić information content (AvgIpc) is 2.75. The van der Waals surface area contributed by atoms with Gasteiger partial charge in [0.15, 0.2) is 0 Å². The van der Waals surface area contributed by atoms with E-state index in [1.54, 1.807) is 31.2 Å². The first-order chi connectivity index (χ1) is 14.5. The van der Waals surface area contributed by atoms with Crippen molar-refractivity contribution in [3.05, 3.63) is 71.3 Å². The lowest BCUT2D eigenvalue weighted by molar-refractivity contribution is -0.113. The molecule has 1 amide bonds. The molecule has 0 radical (unpaired) electrons. The molecular weight excluding hydrogens is 398 g/mol. The van der Waals surface area contributed by atoms with E-state index in [1.807, 2.05) is 18.2 Å². The van der Waals surface area contributed by atoms with Crippen molar-refractivity contribution >= 4 is 29.3 Å². The Hall–Kier alpha value is -3.19. The second-order valence-electron chi connectivity index (χ2n) is 6.66. The van der Waals surface area contributed by atoms with Gasteiger partial charge in [0.05, 0.1) is 29.3 Å². The summed E-state index contributed by atoms with van der Waals surface area (Å²) in [5, 5.41) is 11.9. The van der Waals surface area contributed by atoms with Crippen LogP contribution in [0.3, 0.4) is 0 Å². The van der Waals surface area contributed by atoms with Gasteiger partial charge in [0, 0.05) is 5.56 Å². The highest BCUT2D eigenvalue weighted by atomic mass is 32.2. The molecule has 0 aliphatic rings. The Labute approximate surface area is 180 Å². The maximum Gasteiger partial charge on any atom is 0.340 e. The van der Waals surface area contributed by atoms with Gasteiger partial charge in [-0.2, -0.15) is 0 Å². The summed E-state index contributed by atoms with van der Waals surface area (Å²) in [6.45, 7) is 6.14.